The first-order valence-electron chi connectivity index (χ1n) is 20.7. The van der Waals surface area contributed by atoms with E-state index in [1.165, 1.54) is 109 Å². The van der Waals surface area contributed by atoms with Crippen molar-refractivity contribution in [3.8, 4) is 11.5 Å². The van der Waals surface area contributed by atoms with E-state index in [4.69, 9.17) is 14.6 Å². The Labute approximate surface area is 311 Å². The fourth-order valence-electron chi connectivity index (χ4n) is 5.99. The number of esters is 2. The van der Waals surface area contributed by atoms with Crippen LogP contribution in [0.2, 0.25) is 0 Å². The van der Waals surface area contributed by atoms with Crippen molar-refractivity contribution >= 4 is 24.0 Å². The number of allylic oxidation sites excluding steroid dienone is 4. The van der Waals surface area contributed by atoms with Crippen LogP contribution in [0.1, 0.15) is 199 Å². The van der Waals surface area contributed by atoms with E-state index in [1.54, 1.807) is 18.2 Å². The maximum Gasteiger partial charge on any atom is 0.328 e. The zero-order valence-electron chi connectivity index (χ0n) is 32.5. The second kappa shape index (κ2) is 34.0. The van der Waals surface area contributed by atoms with Gasteiger partial charge >= 0.3 is 17.9 Å². The van der Waals surface area contributed by atoms with Gasteiger partial charge < -0.3 is 14.6 Å². The molecule has 6 heteroatoms. The number of benzene rings is 1. The quantitative estimate of drug-likeness (QED) is 0.0252. The molecule has 0 fully saturated rings. The molecule has 0 saturated carbocycles. The second-order valence-electron chi connectivity index (χ2n) is 14.0. The Morgan fingerprint density at radius 3 is 1.29 bits per heavy atom. The normalized spacial score (nSPS) is 11.6. The van der Waals surface area contributed by atoms with Crippen LogP contribution >= 0.6 is 0 Å². The van der Waals surface area contributed by atoms with Gasteiger partial charge in [0.1, 0.15) is 0 Å². The highest BCUT2D eigenvalue weighted by Gasteiger charge is 2.15. The first kappa shape index (κ1) is 45.9. The Kier molecular flexibility index (Phi) is 30.5. The van der Waals surface area contributed by atoms with E-state index in [0.717, 1.165) is 70.3 Å². The number of hydrogen-bond donors (Lipinski definition) is 1. The molecule has 0 aliphatic rings. The summed E-state index contributed by atoms with van der Waals surface area (Å²) >= 11 is 0. The molecule has 6 nitrogen and oxygen atoms in total. The van der Waals surface area contributed by atoms with Gasteiger partial charge in [-0.05, 0) is 88.0 Å². The minimum Gasteiger partial charge on any atom is -0.478 e. The molecular weight excluding hydrogens is 636 g/mol. The summed E-state index contributed by atoms with van der Waals surface area (Å²) in [6.45, 7) is 4.50. The van der Waals surface area contributed by atoms with Crippen molar-refractivity contribution in [2.24, 2.45) is 0 Å². The van der Waals surface area contributed by atoms with Crippen LogP contribution in [0.3, 0.4) is 0 Å². The predicted octanol–water partition coefficient (Wildman–Crippen LogP) is 13.7. The SMILES string of the molecule is CCCCCCCC/C=C/CCCCCCCC(=O)Oc1ccc(/C=C/C(=O)O)cc1OC(=O)CCCCCCC/C=C/CCCCCCCC. The highest BCUT2D eigenvalue weighted by Crippen LogP contribution is 2.30. The number of hydrogen-bond acceptors (Lipinski definition) is 5. The second-order valence-corrected chi connectivity index (χ2v) is 14.0. The van der Waals surface area contributed by atoms with Crippen molar-refractivity contribution in [1.29, 1.82) is 0 Å². The van der Waals surface area contributed by atoms with Crippen LogP contribution in [0, 0.1) is 0 Å². The molecule has 0 heterocycles. The van der Waals surface area contributed by atoms with Crippen molar-refractivity contribution in [1.82, 2.24) is 0 Å². The number of aliphatic carboxylic acids is 1. The van der Waals surface area contributed by atoms with Crippen molar-refractivity contribution in [3.63, 3.8) is 0 Å². The lowest BCUT2D eigenvalue weighted by molar-refractivity contribution is -0.137. The van der Waals surface area contributed by atoms with Gasteiger partial charge in [0, 0.05) is 18.9 Å². The minimum absolute atomic E-state index is 0.137. The van der Waals surface area contributed by atoms with Crippen LogP contribution in [-0.2, 0) is 14.4 Å². The molecule has 0 aromatic heterocycles. The summed E-state index contributed by atoms with van der Waals surface area (Å²) in [5.74, 6) is -1.51. The van der Waals surface area contributed by atoms with E-state index in [-0.39, 0.29) is 29.9 Å². The van der Waals surface area contributed by atoms with E-state index in [0.29, 0.717) is 12.0 Å². The monoisotopic (exact) mass is 709 g/mol. The molecule has 288 valence electrons. The van der Waals surface area contributed by atoms with E-state index >= 15 is 0 Å². The van der Waals surface area contributed by atoms with Crippen LogP contribution < -0.4 is 9.47 Å². The molecule has 1 N–H and O–H groups in total. The van der Waals surface area contributed by atoms with Gasteiger partial charge in [-0.3, -0.25) is 9.59 Å². The maximum atomic E-state index is 12.7. The number of carbonyl (C=O) groups is 3. The zero-order valence-corrected chi connectivity index (χ0v) is 32.5. The molecule has 0 amide bonds. The molecule has 0 unspecified atom stereocenters. The van der Waals surface area contributed by atoms with Gasteiger partial charge in [0.2, 0.25) is 0 Å². The molecule has 51 heavy (non-hydrogen) atoms. The maximum absolute atomic E-state index is 12.7. The van der Waals surface area contributed by atoms with Gasteiger partial charge in [-0.1, -0.05) is 147 Å². The number of rotatable bonds is 34. The lowest BCUT2D eigenvalue weighted by Gasteiger charge is -2.12. The van der Waals surface area contributed by atoms with Gasteiger partial charge in [0.05, 0.1) is 0 Å². The summed E-state index contributed by atoms with van der Waals surface area (Å²) < 4.78 is 11.2. The fraction of sp³-hybridized carbons (Fsp3) is 0.667. The third-order valence-corrected chi connectivity index (χ3v) is 9.12. The van der Waals surface area contributed by atoms with Crippen molar-refractivity contribution in [2.75, 3.05) is 0 Å². The van der Waals surface area contributed by atoms with Crippen LogP contribution in [0.15, 0.2) is 48.6 Å². The zero-order chi connectivity index (χ0) is 37.0. The Hall–Kier alpha value is -3.15. The molecule has 1 rings (SSSR count). The third kappa shape index (κ3) is 29.2. The predicted molar refractivity (Wildman–Crippen MR) is 213 cm³/mol. The lowest BCUT2D eigenvalue weighted by Crippen LogP contribution is -2.12. The summed E-state index contributed by atoms with van der Waals surface area (Å²) in [5.41, 5.74) is 0.540. The van der Waals surface area contributed by atoms with Crippen LogP contribution in [0.5, 0.6) is 11.5 Å². The average Bonchev–Trinajstić information content (AvgIpc) is 3.11. The number of ether oxygens (including phenoxy) is 2. The Balaban J connectivity index is 2.32. The number of carboxylic acid groups (broad SMARTS) is 1. The van der Waals surface area contributed by atoms with E-state index in [2.05, 4.69) is 38.2 Å². The van der Waals surface area contributed by atoms with Crippen molar-refractivity contribution < 1.29 is 29.0 Å². The molecule has 1 aromatic carbocycles. The molecule has 0 radical (unpaired) electrons. The highest BCUT2D eigenvalue weighted by atomic mass is 16.6. The molecule has 0 bridgehead atoms. The molecule has 0 aliphatic carbocycles. The summed E-state index contributed by atoms with van der Waals surface area (Å²) in [6, 6.07) is 4.75. The molecule has 0 aliphatic heterocycles. The summed E-state index contributed by atoms with van der Waals surface area (Å²) in [6.07, 6.45) is 43.1. The minimum atomic E-state index is -1.08. The van der Waals surface area contributed by atoms with Crippen LogP contribution in [0.25, 0.3) is 6.08 Å². The average molecular weight is 709 g/mol. The Morgan fingerprint density at radius 2 is 0.882 bits per heavy atom. The number of carbonyl (C=O) groups excluding carboxylic acids is 2. The number of carboxylic acids is 1. The Morgan fingerprint density at radius 1 is 0.510 bits per heavy atom. The Bertz CT molecular complexity index is 1120. The summed E-state index contributed by atoms with van der Waals surface area (Å²) in [4.78, 5) is 36.3. The van der Waals surface area contributed by atoms with Gasteiger partial charge in [0.15, 0.2) is 11.5 Å². The molecule has 0 atom stereocenters. The van der Waals surface area contributed by atoms with Gasteiger partial charge in [-0.2, -0.15) is 0 Å². The van der Waals surface area contributed by atoms with Gasteiger partial charge in [-0.25, -0.2) is 4.79 Å². The van der Waals surface area contributed by atoms with E-state index in [1.807, 2.05) is 0 Å². The summed E-state index contributed by atoms with van der Waals surface area (Å²) in [7, 11) is 0. The van der Waals surface area contributed by atoms with Gasteiger partial charge in [0.25, 0.3) is 0 Å². The topological polar surface area (TPSA) is 89.9 Å². The standard InChI is InChI=1S/C45H72O6/c1-3-5-7-9-11-13-15-17-19-21-23-25-27-29-31-33-44(48)50-41-37-35-40(36-38-43(46)47)39-42(41)51-45(49)34-32-30-28-26-24-22-20-18-16-14-12-10-8-6-4-2/h17-20,35-39H,3-16,21-34H2,1-2H3,(H,46,47)/b19-17+,20-18+,38-36+. The molecule has 0 spiro atoms. The first-order valence-corrected chi connectivity index (χ1v) is 20.7. The van der Waals surface area contributed by atoms with Crippen LogP contribution in [-0.4, -0.2) is 23.0 Å². The number of unbranched alkanes of at least 4 members (excludes halogenated alkanes) is 22. The van der Waals surface area contributed by atoms with Gasteiger partial charge in [-0.15, -0.1) is 0 Å². The van der Waals surface area contributed by atoms with Crippen molar-refractivity contribution in [3.05, 3.63) is 54.1 Å². The highest BCUT2D eigenvalue weighted by molar-refractivity contribution is 5.85. The summed E-state index contributed by atoms with van der Waals surface area (Å²) in [5, 5.41) is 9.01. The molecule has 1 aromatic rings. The van der Waals surface area contributed by atoms with E-state index in [9.17, 15) is 14.4 Å². The molecular formula is C45H72O6. The third-order valence-electron chi connectivity index (χ3n) is 9.12. The smallest absolute Gasteiger partial charge is 0.328 e. The lowest BCUT2D eigenvalue weighted by atomic mass is 10.1. The van der Waals surface area contributed by atoms with E-state index < -0.39 is 5.97 Å². The fourth-order valence-corrected chi connectivity index (χ4v) is 5.99. The van der Waals surface area contributed by atoms with Crippen LogP contribution in [0.4, 0.5) is 0 Å². The largest absolute Gasteiger partial charge is 0.478 e. The molecule has 0 saturated heterocycles. The first-order chi connectivity index (χ1) is 25.0. The van der Waals surface area contributed by atoms with Crippen molar-refractivity contribution in [2.45, 2.75) is 194 Å².